The summed E-state index contributed by atoms with van der Waals surface area (Å²) in [6.07, 6.45) is 0.0188. The summed E-state index contributed by atoms with van der Waals surface area (Å²) in [5, 5.41) is 20.3. The number of fused-ring (bicyclic) bond motifs is 2. The smallest absolute Gasteiger partial charge is 0.333 e. The van der Waals surface area contributed by atoms with Crippen LogP contribution in [0, 0.1) is 0 Å². The number of carbonyl (C=O) groups excluding carboxylic acids is 2. The summed E-state index contributed by atoms with van der Waals surface area (Å²) in [5.41, 5.74) is 1.74. The van der Waals surface area contributed by atoms with Gasteiger partial charge in [0, 0.05) is 29.0 Å². The van der Waals surface area contributed by atoms with Crippen LogP contribution in [0.25, 0.3) is 21.8 Å². The first kappa shape index (κ1) is 31.9. The molecule has 0 aliphatic rings. The average molecular weight is 668 g/mol. The number of carbonyl (C=O) groups is 2. The molecule has 0 atom stereocenters. The first-order chi connectivity index (χ1) is 23.1. The van der Waals surface area contributed by atoms with Gasteiger partial charge >= 0.3 is 5.97 Å². The van der Waals surface area contributed by atoms with Crippen molar-refractivity contribution in [1.29, 1.82) is 0 Å². The van der Waals surface area contributed by atoms with Gasteiger partial charge in [-0.2, -0.15) is 4.31 Å². The first-order valence-corrected chi connectivity index (χ1v) is 16.1. The van der Waals surface area contributed by atoms with Crippen molar-refractivity contribution in [2.75, 3.05) is 18.5 Å². The lowest BCUT2D eigenvalue weighted by molar-refractivity contribution is -0.145. The normalized spacial score (nSPS) is 11.4. The van der Waals surface area contributed by atoms with E-state index < -0.39 is 33.7 Å². The summed E-state index contributed by atoms with van der Waals surface area (Å²) in [4.78, 5) is 36.6. The van der Waals surface area contributed by atoms with Crippen molar-refractivity contribution in [2.24, 2.45) is 0 Å². The van der Waals surface area contributed by atoms with Crippen LogP contribution in [0.1, 0.15) is 22.3 Å². The lowest BCUT2D eigenvalue weighted by atomic mass is 10.0. The highest BCUT2D eigenvalue weighted by molar-refractivity contribution is 7.93. The lowest BCUT2D eigenvalue weighted by Crippen LogP contribution is -2.37. The number of amides is 1. The Kier molecular flexibility index (Phi) is 8.61. The summed E-state index contributed by atoms with van der Waals surface area (Å²) in [6.45, 7) is 0. The van der Waals surface area contributed by atoms with Crippen LogP contribution in [0.5, 0.6) is 23.3 Å². The molecule has 2 heterocycles. The molecule has 0 aliphatic heterocycles. The average Bonchev–Trinajstić information content (AvgIpc) is 3.41. The Bertz CT molecular complexity index is 2210. The van der Waals surface area contributed by atoms with E-state index in [1.807, 2.05) is 0 Å². The van der Waals surface area contributed by atoms with E-state index in [2.05, 4.69) is 4.98 Å². The molecule has 0 unspecified atom stereocenters. The number of aromatic hydroxyl groups is 2. The molecule has 1 amide bonds. The largest absolute Gasteiger partial charge is 0.497 e. The topological polar surface area (TPSA) is 157 Å². The molecule has 0 saturated heterocycles. The van der Waals surface area contributed by atoms with Gasteiger partial charge in [-0.25, -0.2) is 18.2 Å². The van der Waals surface area contributed by atoms with Crippen LogP contribution in [0.3, 0.4) is 0 Å². The fourth-order valence-corrected chi connectivity index (χ4v) is 6.71. The van der Waals surface area contributed by atoms with Crippen molar-refractivity contribution in [3.63, 3.8) is 0 Å². The summed E-state index contributed by atoms with van der Waals surface area (Å²) < 4.78 is 41.3. The SMILES string of the molecule is COc1ccc(N(C(=O)c2c3ccccc3nc3ccccc23)S(=O)(=O)c2ccc(CCC(=O)On3c(O)ccc3O)cc2)c(OC)c1. The van der Waals surface area contributed by atoms with Gasteiger partial charge in [0.15, 0.2) is 0 Å². The number of aryl methyl sites for hydroxylation is 1. The molecular formula is C35H29N3O9S. The van der Waals surface area contributed by atoms with Crippen LogP contribution in [0.15, 0.2) is 108 Å². The molecule has 0 radical (unpaired) electrons. The minimum Gasteiger partial charge on any atom is -0.497 e. The number of aromatic nitrogens is 2. The Morgan fingerprint density at radius 3 is 1.98 bits per heavy atom. The highest BCUT2D eigenvalue weighted by Crippen LogP contribution is 2.38. The Labute approximate surface area is 275 Å². The Morgan fingerprint density at radius 1 is 0.792 bits per heavy atom. The molecule has 0 fully saturated rings. The van der Waals surface area contributed by atoms with E-state index in [-0.39, 0.29) is 34.7 Å². The number of ether oxygens (including phenoxy) is 2. The molecule has 0 aliphatic carbocycles. The van der Waals surface area contributed by atoms with Gasteiger partial charge < -0.3 is 24.5 Å². The van der Waals surface area contributed by atoms with Crippen LogP contribution in [-0.4, -0.2) is 54.4 Å². The van der Waals surface area contributed by atoms with Gasteiger partial charge in [0.05, 0.1) is 42.1 Å². The van der Waals surface area contributed by atoms with Crippen molar-refractivity contribution < 1.29 is 42.5 Å². The number of para-hydroxylation sites is 2. The molecule has 13 heteroatoms. The van der Waals surface area contributed by atoms with Crippen molar-refractivity contribution >= 4 is 49.4 Å². The van der Waals surface area contributed by atoms with Crippen molar-refractivity contribution in [2.45, 2.75) is 17.7 Å². The quantitative estimate of drug-likeness (QED) is 0.185. The van der Waals surface area contributed by atoms with Gasteiger partial charge in [0.2, 0.25) is 11.8 Å². The second kappa shape index (κ2) is 13.0. The molecule has 0 spiro atoms. The van der Waals surface area contributed by atoms with E-state index in [9.17, 15) is 28.2 Å². The number of hydrogen-bond donors (Lipinski definition) is 2. The predicted molar refractivity (Wildman–Crippen MR) is 177 cm³/mol. The zero-order chi connectivity index (χ0) is 34.0. The van der Waals surface area contributed by atoms with Crippen LogP contribution < -0.4 is 18.6 Å². The molecule has 48 heavy (non-hydrogen) atoms. The number of methoxy groups -OCH3 is 2. The van der Waals surface area contributed by atoms with E-state index in [1.54, 1.807) is 48.5 Å². The van der Waals surface area contributed by atoms with Crippen LogP contribution in [0.4, 0.5) is 5.69 Å². The molecule has 4 aromatic carbocycles. The van der Waals surface area contributed by atoms with Gasteiger partial charge in [-0.15, -0.1) is 4.73 Å². The van der Waals surface area contributed by atoms with E-state index in [1.165, 1.54) is 56.7 Å². The third-order valence-corrected chi connectivity index (χ3v) is 9.37. The highest BCUT2D eigenvalue weighted by atomic mass is 32.2. The maximum absolute atomic E-state index is 14.8. The molecular weight excluding hydrogens is 638 g/mol. The Balaban J connectivity index is 1.40. The number of rotatable bonds is 10. The Hall–Kier alpha value is -6.08. The second-order valence-corrected chi connectivity index (χ2v) is 12.4. The molecule has 0 bridgehead atoms. The van der Waals surface area contributed by atoms with E-state index in [0.29, 0.717) is 37.8 Å². The zero-order valence-corrected chi connectivity index (χ0v) is 26.5. The number of benzene rings is 4. The molecule has 0 saturated carbocycles. The van der Waals surface area contributed by atoms with E-state index in [4.69, 9.17) is 14.3 Å². The number of pyridine rings is 1. The number of hydrogen-bond acceptors (Lipinski definition) is 10. The fraction of sp³-hybridized carbons (Fsp3) is 0.114. The summed E-state index contributed by atoms with van der Waals surface area (Å²) in [6, 6.07) is 26.6. The minimum atomic E-state index is -4.59. The number of sulfonamides is 1. The number of nitrogens with zero attached hydrogens (tertiary/aromatic N) is 3. The molecule has 2 aromatic heterocycles. The minimum absolute atomic E-state index is 0.0309. The second-order valence-electron chi connectivity index (χ2n) is 10.6. The van der Waals surface area contributed by atoms with E-state index in [0.717, 1.165) is 16.4 Å². The standard InChI is InChI=1S/C35H29N3O9S/c1-45-23-14-17-29(30(21-23)46-2)38(35(42)34-25-7-3-5-9-27(25)36-28-10-6-4-8-26(28)34)48(43,44)24-15-11-22(12-16-24)13-20-33(41)47-37-31(39)18-19-32(37)40/h3-12,14-19,21,39-40H,13,20H2,1-2H3. The van der Waals surface area contributed by atoms with Crippen molar-refractivity contribution in [3.05, 3.63) is 114 Å². The summed E-state index contributed by atoms with van der Waals surface area (Å²) in [5.74, 6) is -1.98. The third kappa shape index (κ3) is 5.94. The summed E-state index contributed by atoms with van der Waals surface area (Å²) >= 11 is 0. The highest BCUT2D eigenvalue weighted by Gasteiger charge is 2.36. The summed E-state index contributed by atoms with van der Waals surface area (Å²) in [7, 11) is -1.77. The third-order valence-electron chi connectivity index (χ3n) is 7.66. The van der Waals surface area contributed by atoms with Crippen LogP contribution in [0.2, 0.25) is 0 Å². The van der Waals surface area contributed by atoms with Gasteiger partial charge in [-0.05, 0) is 48.4 Å². The zero-order valence-electron chi connectivity index (χ0n) is 25.7. The molecule has 6 rings (SSSR count). The number of anilines is 1. The van der Waals surface area contributed by atoms with Gasteiger partial charge in [-0.3, -0.25) is 4.79 Å². The van der Waals surface area contributed by atoms with Gasteiger partial charge in [0.25, 0.3) is 15.9 Å². The Morgan fingerprint density at radius 2 is 1.40 bits per heavy atom. The van der Waals surface area contributed by atoms with Crippen molar-refractivity contribution in [3.8, 4) is 23.3 Å². The van der Waals surface area contributed by atoms with Crippen LogP contribution >= 0.6 is 0 Å². The maximum Gasteiger partial charge on any atom is 0.333 e. The first-order valence-electron chi connectivity index (χ1n) is 14.6. The van der Waals surface area contributed by atoms with Crippen LogP contribution in [-0.2, 0) is 21.2 Å². The maximum atomic E-state index is 14.8. The van der Waals surface area contributed by atoms with Crippen molar-refractivity contribution in [1.82, 2.24) is 9.71 Å². The van der Waals surface area contributed by atoms with Gasteiger partial charge in [0.1, 0.15) is 17.2 Å². The fourth-order valence-electron chi connectivity index (χ4n) is 5.30. The molecule has 2 N–H and O–H groups in total. The molecule has 6 aromatic rings. The van der Waals surface area contributed by atoms with Gasteiger partial charge in [-0.1, -0.05) is 48.5 Å². The predicted octanol–water partition coefficient (Wildman–Crippen LogP) is 5.24. The molecule has 12 nitrogen and oxygen atoms in total. The van der Waals surface area contributed by atoms with E-state index >= 15 is 0 Å². The molecule has 244 valence electrons. The lowest BCUT2D eigenvalue weighted by Gasteiger charge is -2.26. The monoisotopic (exact) mass is 667 g/mol.